The average molecular weight is 426 g/mol. The number of hydrogen-bond acceptors (Lipinski definition) is 5. The van der Waals surface area contributed by atoms with Crippen LogP contribution >= 0.6 is 0 Å². The summed E-state index contributed by atoms with van der Waals surface area (Å²) in [5, 5.41) is 22.3. The van der Waals surface area contributed by atoms with E-state index in [0.717, 1.165) is 25.5 Å². The number of phenols is 1. The third-order valence-electron chi connectivity index (χ3n) is 3.18. The number of anilines is 1. The van der Waals surface area contributed by atoms with Crippen LogP contribution in [0.25, 0.3) is 0 Å². The van der Waals surface area contributed by atoms with Crippen molar-refractivity contribution >= 4 is 35.8 Å². The van der Waals surface area contributed by atoms with Crippen LogP contribution in [-0.2, 0) is 15.0 Å². The molecule has 26 heavy (non-hydrogen) atoms. The number of phenolic OH excluding ortho intramolecular Hbond substituents is 1. The number of carbonyl (C=O) groups excluding carboxylic acids is 1. The van der Waals surface area contributed by atoms with E-state index in [2.05, 4.69) is 36.5 Å². The van der Waals surface area contributed by atoms with E-state index in [1.165, 1.54) is 5.56 Å². The normalized spacial score (nSPS) is 10.5. The Morgan fingerprint density at radius 2 is 1.77 bits per heavy atom. The van der Waals surface area contributed by atoms with Crippen molar-refractivity contribution < 1.29 is 26.8 Å². The van der Waals surface area contributed by atoms with Gasteiger partial charge in [-0.2, -0.15) is 0 Å². The summed E-state index contributed by atoms with van der Waals surface area (Å²) in [5.74, 6) is -1.59. The van der Waals surface area contributed by atoms with Gasteiger partial charge in [-0.1, -0.05) is 37.3 Å². The molecule has 0 saturated heterocycles. The number of hydrogen-bond donors (Lipinski definition) is 4. The number of rotatable bonds is 4. The Bertz CT molecular complexity index is 834. The molecule has 0 spiro atoms. The Hall–Kier alpha value is -2.61. The van der Waals surface area contributed by atoms with Gasteiger partial charge in [-0.15, -0.1) is 0 Å². The van der Waals surface area contributed by atoms with Crippen molar-refractivity contribution in [1.82, 2.24) is 0 Å². The molecule has 0 aliphatic carbocycles. The fraction of sp³-hybridized carbons (Fsp3) is 0.188. The van der Waals surface area contributed by atoms with Crippen LogP contribution in [0.15, 0.2) is 42.5 Å². The molecule has 0 atom stereocenters. The standard InChI is InChI=1S/C8H9AsN2O7.C8H10/c1-4(12)10-5-2-3-6(11(17)18)7(8(5)13)9(14,15)16;1-2-8-6-4-3-5-7-8/h2-3,13H,1H3,(H,10,12)(H2,14,15,16);3-7H,2H2,1H3. The second kappa shape index (κ2) is 9.19. The molecule has 0 radical (unpaired) electrons. The fourth-order valence-electron chi connectivity index (χ4n) is 2.01. The first-order chi connectivity index (χ1) is 12.1. The van der Waals surface area contributed by atoms with Crippen LogP contribution in [0.1, 0.15) is 19.4 Å². The maximum atomic E-state index is 11.2. The van der Waals surface area contributed by atoms with Gasteiger partial charge in [0.1, 0.15) is 0 Å². The van der Waals surface area contributed by atoms with Gasteiger partial charge in [-0.05, 0) is 12.0 Å². The van der Waals surface area contributed by atoms with Crippen molar-refractivity contribution in [3.05, 3.63) is 58.1 Å². The molecule has 0 fully saturated rings. The van der Waals surface area contributed by atoms with Gasteiger partial charge in [0.05, 0.1) is 0 Å². The number of carbonyl (C=O) groups is 1. The van der Waals surface area contributed by atoms with Gasteiger partial charge < -0.3 is 0 Å². The largest absolute Gasteiger partial charge is 0.0622 e. The van der Waals surface area contributed by atoms with E-state index in [1.54, 1.807) is 0 Å². The van der Waals surface area contributed by atoms with Gasteiger partial charge in [0.25, 0.3) is 0 Å². The van der Waals surface area contributed by atoms with E-state index in [4.69, 9.17) is 8.19 Å². The van der Waals surface area contributed by atoms with Crippen molar-refractivity contribution in [2.45, 2.75) is 20.3 Å². The van der Waals surface area contributed by atoms with Crippen LogP contribution in [0.5, 0.6) is 5.75 Å². The zero-order chi connectivity index (χ0) is 19.9. The molecule has 10 heteroatoms. The van der Waals surface area contributed by atoms with E-state index in [-0.39, 0.29) is 5.69 Å². The van der Waals surface area contributed by atoms with Crippen LogP contribution in [-0.4, -0.2) is 38.3 Å². The summed E-state index contributed by atoms with van der Waals surface area (Å²) in [5.41, 5.74) is 0.217. The smallest absolute Gasteiger partial charge is 0.0307 e. The third-order valence-corrected chi connectivity index (χ3v) is 5.33. The molecule has 2 aromatic rings. The first kappa shape index (κ1) is 21.4. The Labute approximate surface area is 152 Å². The summed E-state index contributed by atoms with van der Waals surface area (Å²) in [6.07, 6.45) is 1.14. The molecule has 0 saturated carbocycles. The topological polar surface area (TPSA) is 150 Å². The molecule has 2 rings (SSSR count). The second-order valence-corrected chi connectivity index (χ2v) is 8.37. The minimum absolute atomic E-state index is 0.298. The molecule has 2 aromatic carbocycles. The number of nitro groups is 1. The maximum absolute atomic E-state index is 11.2. The van der Waals surface area contributed by atoms with E-state index < -0.39 is 40.8 Å². The number of nitro benzene ring substituents is 1. The molecule has 0 aliphatic rings. The molecule has 0 aliphatic heterocycles. The van der Waals surface area contributed by atoms with Gasteiger partial charge in [0.2, 0.25) is 0 Å². The van der Waals surface area contributed by atoms with E-state index >= 15 is 0 Å². The Kier molecular flexibility index (Phi) is 7.57. The van der Waals surface area contributed by atoms with E-state index in [1.807, 2.05) is 6.07 Å². The molecule has 4 N–H and O–H groups in total. The summed E-state index contributed by atoms with van der Waals surface area (Å²) in [6, 6.07) is 12.3. The minimum Gasteiger partial charge on any atom is -0.0622 e. The van der Waals surface area contributed by atoms with Gasteiger partial charge in [0, 0.05) is 0 Å². The van der Waals surface area contributed by atoms with Crippen molar-refractivity contribution in [2.24, 2.45) is 0 Å². The molecular formula is C16H19AsN2O7. The van der Waals surface area contributed by atoms with Crippen LogP contribution in [0.3, 0.4) is 0 Å². The van der Waals surface area contributed by atoms with Crippen LogP contribution < -0.4 is 9.67 Å². The molecule has 9 nitrogen and oxygen atoms in total. The maximum Gasteiger partial charge on any atom is -0.0307 e. The van der Waals surface area contributed by atoms with Crippen LogP contribution in [0, 0.1) is 10.1 Å². The first-order valence-corrected chi connectivity index (χ1v) is 10.8. The summed E-state index contributed by atoms with van der Waals surface area (Å²) in [7, 11) is 0. The molecule has 0 unspecified atom stereocenters. The predicted molar refractivity (Wildman–Crippen MR) is 95.4 cm³/mol. The Morgan fingerprint density at radius 1 is 1.19 bits per heavy atom. The quantitative estimate of drug-likeness (QED) is 0.247. The summed E-state index contributed by atoms with van der Waals surface area (Å²) < 4.78 is 28.2. The average Bonchev–Trinajstić information content (AvgIpc) is 2.56. The van der Waals surface area contributed by atoms with Crippen molar-refractivity contribution in [3.8, 4) is 5.75 Å². The van der Waals surface area contributed by atoms with E-state index in [0.29, 0.717) is 0 Å². The first-order valence-electron chi connectivity index (χ1n) is 7.45. The molecular weight excluding hydrogens is 407 g/mol. The van der Waals surface area contributed by atoms with Crippen molar-refractivity contribution in [2.75, 3.05) is 5.32 Å². The third kappa shape index (κ3) is 6.03. The number of aromatic hydroxyl groups is 1. The number of nitrogens with zero attached hydrogens (tertiary/aromatic N) is 1. The molecule has 140 valence electrons. The molecule has 0 bridgehead atoms. The van der Waals surface area contributed by atoms with Gasteiger partial charge in [-0.25, -0.2) is 0 Å². The van der Waals surface area contributed by atoms with Crippen molar-refractivity contribution in [1.29, 1.82) is 0 Å². The zero-order valence-electron chi connectivity index (χ0n) is 14.1. The summed E-state index contributed by atoms with van der Waals surface area (Å²) in [6.45, 7) is 3.28. The van der Waals surface area contributed by atoms with Gasteiger partial charge in [0.15, 0.2) is 0 Å². The number of nitrogens with one attached hydrogen (secondary N) is 1. The van der Waals surface area contributed by atoms with Crippen LogP contribution in [0.4, 0.5) is 11.4 Å². The summed E-state index contributed by atoms with van der Waals surface area (Å²) in [4.78, 5) is 20.4. The Balaban J connectivity index is 0.000000350. The van der Waals surface area contributed by atoms with E-state index in [9.17, 15) is 23.8 Å². The summed E-state index contributed by atoms with van der Waals surface area (Å²) >= 11 is -5.72. The SMILES string of the molecule is CC(=O)Nc1ccc([N+](=O)[O-])c([As](=O)(O)O)c1O.CCc1ccccc1. The van der Waals surface area contributed by atoms with Crippen molar-refractivity contribution in [3.63, 3.8) is 0 Å². The molecule has 1 amide bonds. The van der Waals surface area contributed by atoms with Crippen LogP contribution in [0.2, 0.25) is 0 Å². The molecule has 0 heterocycles. The number of aryl methyl sites for hydroxylation is 1. The zero-order valence-corrected chi connectivity index (χ0v) is 16.0. The minimum atomic E-state index is -5.72. The monoisotopic (exact) mass is 426 g/mol. The predicted octanol–water partition coefficient (Wildman–Crippen LogP) is 1.07. The second-order valence-electron chi connectivity index (χ2n) is 5.15. The molecule has 0 aromatic heterocycles. The Morgan fingerprint density at radius 3 is 2.15 bits per heavy atom. The fourth-order valence-corrected chi connectivity index (χ4v) is 3.79. The number of benzene rings is 2. The van der Waals surface area contributed by atoms with Gasteiger partial charge >= 0.3 is 103 Å². The van der Waals surface area contributed by atoms with Gasteiger partial charge in [-0.3, -0.25) is 0 Å². The number of amides is 1.